The molecule has 0 unspecified atom stereocenters. The van der Waals surface area contributed by atoms with Crippen LogP contribution in [-0.2, 0) is 28.7 Å². The van der Waals surface area contributed by atoms with Crippen molar-refractivity contribution in [3.8, 4) is 0 Å². The van der Waals surface area contributed by atoms with Gasteiger partial charge in [-0.2, -0.15) is 0 Å². The molecular formula is C24H44N2O6. The smallest absolute Gasteiger partial charge is 0.149 e. The third kappa shape index (κ3) is 15.3. The van der Waals surface area contributed by atoms with Gasteiger partial charge in [-0.1, -0.05) is 41.5 Å². The Bertz CT molecular complexity index is 567. The monoisotopic (exact) mass is 456 g/mol. The highest BCUT2D eigenvalue weighted by Crippen LogP contribution is 2.02. The number of ketones is 4. The Kier molecular flexibility index (Phi) is 16.3. The molecule has 0 fully saturated rings. The Hall–Kier alpha value is -1.48. The van der Waals surface area contributed by atoms with Gasteiger partial charge in [-0.15, -0.1) is 0 Å². The highest BCUT2D eigenvalue weighted by atomic mass is 16.5. The van der Waals surface area contributed by atoms with Gasteiger partial charge >= 0.3 is 0 Å². The van der Waals surface area contributed by atoms with Crippen molar-refractivity contribution in [3.05, 3.63) is 0 Å². The summed E-state index contributed by atoms with van der Waals surface area (Å²) in [6, 6.07) is 0. The van der Waals surface area contributed by atoms with E-state index in [1.54, 1.807) is 4.90 Å². The number of hydrogen-bond donors (Lipinski definition) is 0. The Morgan fingerprint density at radius 1 is 0.562 bits per heavy atom. The van der Waals surface area contributed by atoms with Crippen LogP contribution in [0.2, 0.25) is 0 Å². The molecule has 0 aromatic carbocycles. The van der Waals surface area contributed by atoms with E-state index in [1.807, 2.05) is 46.4 Å². The van der Waals surface area contributed by atoms with Crippen molar-refractivity contribution >= 4 is 23.1 Å². The zero-order valence-electron chi connectivity index (χ0n) is 21.1. The molecule has 0 radical (unpaired) electrons. The maximum absolute atomic E-state index is 12.1. The van der Waals surface area contributed by atoms with Crippen molar-refractivity contribution in [3.63, 3.8) is 0 Å². The van der Waals surface area contributed by atoms with Crippen LogP contribution < -0.4 is 0 Å². The molecule has 0 spiro atoms. The van der Waals surface area contributed by atoms with Crippen molar-refractivity contribution in [1.82, 2.24) is 9.80 Å². The van der Waals surface area contributed by atoms with E-state index >= 15 is 0 Å². The molecular weight excluding hydrogens is 412 g/mol. The van der Waals surface area contributed by atoms with Crippen LogP contribution in [0.5, 0.6) is 0 Å². The third-order valence-corrected chi connectivity index (χ3v) is 4.99. The summed E-state index contributed by atoms with van der Waals surface area (Å²) in [4.78, 5) is 51.2. The number of ether oxygens (including phenoxy) is 2. The van der Waals surface area contributed by atoms with Crippen molar-refractivity contribution in [2.45, 2.75) is 48.5 Å². The SMILES string of the molecule is CC(=O)CN(CCOCCOCCN(CC(=O)C(C)C)CC(=O)C(C)C)CC(=O)C(C)C. The molecule has 0 aromatic rings. The number of Topliss-reactive ketones (excluding diaryl/α,β-unsaturated/α-hetero) is 4. The largest absolute Gasteiger partial charge is 0.378 e. The molecule has 0 amide bonds. The van der Waals surface area contributed by atoms with Gasteiger partial charge in [0.05, 0.1) is 52.6 Å². The number of nitrogens with zero attached hydrogens (tertiary/aromatic N) is 2. The molecule has 0 atom stereocenters. The van der Waals surface area contributed by atoms with Gasteiger partial charge in [0.1, 0.15) is 23.1 Å². The average molecular weight is 457 g/mol. The van der Waals surface area contributed by atoms with E-state index in [0.29, 0.717) is 39.5 Å². The first-order chi connectivity index (χ1) is 14.9. The summed E-state index contributed by atoms with van der Waals surface area (Å²) in [6.45, 7) is 16.2. The zero-order chi connectivity index (χ0) is 24.7. The Balaban J connectivity index is 4.23. The van der Waals surface area contributed by atoms with Gasteiger partial charge in [0, 0.05) is 30.8 Å². The molecule has 32 heavy (non-hydrogen) atoms. The van der Waals surface area contributed by atoms with Crippen LogP contribution in [0.4, 0.5) is 0 Å². The molecule has 0 aromatic heterocycles. The first-order valence-corrected chi connectivity index (χ1v) is 11.6. The zero-order valence-corrected chi connectivity index (χ0v) is 21.1. The lowest BCUT2D eigenvalue weighted by molar-refractivity contribution is -0.127. The molecule has 0 N–H and O–H groups in total. The molecule has 0 saturated heterocycles. The average Bonchev–Trinajstić information content (AvgIpc) is 2.68. The van der Waals surface area contributed by atoms with Gasteiger partial charge in [-0.25, -0.2) is 0 Å². The van der Waals surface area contributed by atoms with Crippen molar-refractivity contribution in [2.24, 2.45) is 17.8 Å². The minimum atomic E-state index is -0.0700. The summed E-state index contributed by atoms with van der Waals surface area (Å²) in [5.74, 6) is 0.128. The summed E-state index contributed by atoms with van der Waals surface area (Å²) in [6.07, 6.45) is 0. The van der Waals surface area contributed by atoms with Crippen LogP contribution >= 0.6 is 0 Å². The van der Waals surface area contributed by atoms with E-state index in [-0.39, 0.29) is 67.1 Å². The van der Waals surface area contributed by atoms with Gasteiger partial charge in [0.15, 0.2) is 0 Å². The summed E-state index contributed by atoms with van der Waals surface area (Å²) in [5.41, 5.74) is 0. The van der Waals surface area contributed by atoms with E-state index in [0.717, 1.165) is 0 Å². The fourth-order valence-corrected chi connectivity index (χ4v) is 2.66. The summed E-state index contributed by atoms with van der Waals surface area (Å²) in [7, 11) is 0. The molecule has 0 aliphatic carbocycles. The van der Waals surface area contributed by atoms with E-state index < -0.39 is 0 Å². The van der Waals surface area contributed by atoms with E-state index in [4.69, 9.17) is 9.47 Å². The van der Waals surface area contributed by atoms with Crippen molar-refractivity contribution in [1.29, 1.82) is 0 Å². The number of carbonyl (C=O) groups excluding carboxylic acids is 4. The van der Waals surface area contributed by atoms with Crippen LogP contribution in [0.3, 0.4) is 0 Å². The minimum absolute atomic E-state index is 0.0151. The summed E-state index contributed by atoms with van der Waals surface area (Å²) < 4.78 is 11.2. The molecule has 0 aliphatic heterocycles. The number of rotatable bonds is 20. The number of carbonyl (C=O) groups is 4. The Morgan fingerprint density at radius 3 is 1.16 bits per heavy atom. The maximum atomic E-state index is 12.1. The lowest BCUT2D eigenvalue weighted by Gasteiger charge is -2.22. The fourth-order valence-electron chi connectivity index (χ4n) is 2.66. The molecule has 0 bridgehead atoms. The second kappa shape index (κ2) is 17.1. The van der Waals surface area contributed by atoms with Gasteiger partial charge < -0.3 is 9.47 Å². The van der Waals surface area contributed by atoms with Gasteiger partial charge in [0.25, 0.3) is 0 Å². The van der Waals surface area contributed by atoms with Crippen LogP contribution in [0.15, 0.2) is 0 Å². The molecule has 0 aliphatic rings. The van der Waals surface area contributed by atoms with Crippen LogP contribution in [-0.4, -0.2) is 98.6 Å². The Labute approximate surface area is 194 Å². The second-order valence-corrected chi connectivity index (χ2v) is 9.21. The van der Waals surface area contributed by atoms with Gasteiger partial charge in [-0.05, 0) is 6.92 Å². The van der Waals surface area contributed by atoms with Crippen LogP contribution in [0.1, 0.15) is 48.5 Å². The highest BCUT2D eigenvalue weighted by molar-refractivity contribution is 5.85. The standard InChI is InChI=1S/C24H44N2O6/c1-18(2)22(28)15-25(14-21(7)27)8-10-31-12-13-32-11-9-26(16-23(29)19(3)4)17-24(30)20(5)6/h18-20H,8-17H2,1-7H3. The maximum Gasteiger partial charge on any atom is 0.149 e. The summed E-state index contributed by atoms with van der Waals surface area (Å²) in [5, 5.41) is 0. The van der Waals surface area contributed by atoms with Crippen molar-refractivity contribution in [2.75, 3.05) is 65.7 Å². The third-order valence-electron chi connectivity index (χ3n) is 4.99. The normalized spacial score (nSPS) is 11.9. The predicted molar refractivity (Wildman–Crippen MR) is 125 cm³/mol. The van der Waals surface area contributed by atoms with Crippen LogP contribution in [0, 0.1) is 17.8 Å². The van der Waals surface area contributed by atoms with Gasteiger partial charge in [-0.3, -0.25) is 29.0 Å². The van der Waals surface area contributed by atoms with Gasteiger partial charge in [0.2, 0.25) is 0 Å². The Morgan fingerprint density at radius 2 is 0.875 bits per heavy atom. The van der Waals surface area contributed by atoms with E-state index in [1.165, 1.54) is 6.92 Å². The fraction of sp³-hybridized carbons (Fsp3) is 0.833. The van der Waals surface area contributed by atoms with E-state index in [2.05, 4.69) is 0 Å². The van der Waals surface area contributed by atoms with Crippen molar-refractivity contribution < 1.29 is 28.7 Å². The second-order valence-electron chi connectivity index (χ2n) is 9.21. The number of hydrogen-bond acceptors (Lipinski definition) is 8. The molecule has 8 heteroatoms. The molecule has 186 valence electrons. The highest BCUT2D eigenvalue weighted by Gasteiger charge is 2.18. The molecule has 0 rings (SSSR count). The quantitative estimate of drug-likeness (QED) is 0.256. The first kappa shape index (κ1) is 30.5. The lowest BCUT2D eigenvalue weighted by atomic mass is 10.1. The summed E-state index contributed by atoms with van der Waals surface area (Å²) >= 11 is 0. The lowest BCUT2D eigenvalue weighted by Crippen LogP contribution is -2.39. The topological polar surface area (TPSA) is 93.2 Å². The first-order valence-electron chi connectivity index (χ1n) is 11.6. The predicted octanol–water partition coefficient (Wildman–Crippen LogP) is 1.89. The minimum Gasteiger partial charge on any atom is -0.378 e. The molecule has 0 heterocycles. The van der Waals surface area contributed by atoms with Crippen LogP contribution in [0.25, 0.3) is 0 Å². The van der Waals surface area contributed by atoms with E-state index in [9.17, 15) is 19.2 Å². The molecule has 0 saturated carbocycles. The molecule has 8 nitrogen and oxygen atoms in total.